The van der Waals surface area contributed by atoms with Crippen LogP contribution in [-0.4, -0.2) is 67.2 Å². The van der Waals surface area contributed by atoms with Gasteiger partial charge in [-0.15, -0.1) is 5.01 Å². The van der Waals surface area contributed by atoms with E-state index in [-0.39, 0.29) is 47.2 Å². The van der Waals surface area contributed by atoms with Crippen LogP contribution in [0.1, 0.15) is 24.1 Å². The summed E-state index contributed by atoms with van der Waals surface area (Å²) >= 11 is 0. The summed E-state index contributed by atoms with van der Waals surface area (Å²) in [6.07, 6.45) is -5.49. The van der Waals surface area contributed by atoms with Crippen molar-refractivity contribution >= 4 is 22.1 Å². The maximum atomic E-state index is 13.5. The predicted octanol–water partition coefficient (Wildman–Crippen LogP) is 3.93. The van der Waals surface area contributed by atoms with E-state index in [1.807, 2.05) is 11.6 Å². The number of nitrogens with one attached hydrogen (secondary N) is 1. The molecule has 0 radical (unpaired) electrons. The number of aromatic nitrogens is 2. The summed E-state index contributed by atoms with van der Waals surface area (Å²) in [6.45, 7) is 1.28. The molecule has 2 heterocycles. The third-order valence-corrected chi connectivity index (χ3v) is 7.94. The molecule has 1 aromatic heterocycles. The first-order valence-electron chi connectivity index (χ1n) is 13.0. The molecule has 2 aromatic carbocycles. The lowest BCUT2D eigenvalue weighted by Crippen LogP contribution is -2.44. The summed E-state index contributed by atoms with van der Waals surface area (Å²) in [6, 6.07) is 12.6. The van der Waals surface area contributed by atoms with Crippen LogP contribution >= 0.6 is 0 Å². The van der Waals surface area contributed by atoms with Gasteiger partial charge in [0, 0.05) is 11.5 Å². The van der Waals surface area contributed by atoms with Gasteiger partial charge in [0.2, 0.25) is 11.2 Å². The number of aryl methyl sites for hydroxylation is 1. The number of benzene rings is 2. The normalized spacial score (nSPS) is 14.7. The van der Waals surface area contributed by atoms with E-state index in [4.69, 9.17) is 0 Å². The Labute approximate surface area is 249 Å². The Hall–Kier alpha value is -4.87. The number of piperidine rings is 1. The van der Waals surface area contributed by atoms with Crippen LogP contribution in [0.3, 0.4) is 0 Å². The summed E-state index contributed by atoms with van der Waals surface area (Å²) in [5.41, 5.74) is 0.592. The second kappa shape index (κ2) is 13.2. The first kappa shape index (κ1) is 32.1. The number of hydrazine groups is 1. The van der Waals surface area contributed by atoms with E-state index in [0.29, 0.717) is 5.56 Å². The number of hydrogen-bond donors (Lipinski definition) is 1. The summed E-state index contributed by atoms with van der Waals surface area (Å²) in [7, 11) is -3.24. The predicted molar refractivity (Wildman–Crippen MR) is 144 cm³/mol. The van der Waals surface area contributed by atoms with Crippen LogP contribution in [0.15, 0.2) is 64.8 Å². The lowest BCUT2D eigenvalue weighted by Gasteiger charge is -2.27. The zero-order valence-corrected chi connectivity index (χ0v) is 24.2. The Bertz CT molecular complexity index is 1620. The molecule has 0 atom stereocenters. The zero-order valence-electron chi connectivity index (χ0n) is 23.4. The average molecular weight is 641 g/mol. The number of methoxy groups -OCH3 is 1. The van der Waals surface area contributed by atoms with Gasteiger partial charge in [0.15, 0.2) is 5.69 Å². The molecule has 0 saturated carbocycles. The fourth-order valence-corrected chi connectivity index (χ4v) is 5.29. The van der Waals surface area contributed by atoms with Crippen LogP contribution in [0.4, 0.5) is 18.0 Å². The van der Waals surface area contributed by atoms with E-state index < -0.39 is 46.7 Å². The number of alkyl halides is 3. The van der Waals surface area contributed by atoms with Crippen LogP contribution in [0.25, 0.3) is 16.9 Å². The second-order valence-corrected chi connectivity index (χ2v) is 11.2. The monoisotopic (exact) mass is 640 g/mol. The zero-order chi connectivity index (χ0) is 32.1. The Morgan fingerprint density at radius 3 is 2.34 bits per heavy atom. The molecule has 1 saturated heterocycles. The summed E-state index contributed by atoms with van der Waals surface area (Å²) < 4.78 is 78.0. The fraction of sp³-hybridized carbons (Fsp3) is 0.346. The van der Waals surface area contributed by atoms with E-state index >= 15 is 0 Å². The Morgan fingerprint density at radius 2 is 1.75 bits per heavy atom. The number of ether oxygens (including phenoxy) is 2. The van der Waals surface area contributed by atoms with E-state index in [2.05, 4.69) is 24.7 Å². The second-order valence-electron chi connectivity index (χ2n) is 9.56. The minimum atomic E-state index is -4.70. The number of amides is 1. The van der Waals surface area contributed by atoms with Crippen molar-refractivity contribution in [1.82, 2.24) is 19.5 Å². The molecule has 0 unspecified atom stereocenters. The quantitative estimate of drug-likeness (QED) is 0.0904. The highest BCUT2D eigenvalue weighted by atomic mass is 32.2. The van der Waals surface area contributed by atoms with Crippen LogP contribution in [0.5, 0.6) is 0 Å². The van der Waals surface area contributed by atoms with Crippen molar-refractivity contribution in [3.63, 3.8) is 0 Å². The van der Waals surface area contributed by atoms with Gasteiger partial charge in [-0.05, 0) is 50.1 Å². The Kier molecular flexibility index (Phi) is 9.61. The molecule has 1 aliphatic heterocycles. The standard InChI is InChI=1S/C26H27F3N6O8S/c1-17-3-5-18(6-4-17)22-15-23(26(27,28)29)30-34(22)20-7-9-21(10-8-20)44(39,40)31-24(36)19-11-13-33(14-12-19)35(38)32-43-16-42-25(37)41-2/h3-10,15,19H,11-14,16H2,1-2H3,(H,31,36). The maximum absolute atomic E-state index is 13.5. The van der Waals surface area contributed by atoms with Gasteiger partial charge in [0.05, 0.1) is 41.4 Å². The Morgan fingerprint density at radius 1 is 1.11 bits per heavy atom. The van der Waals surface area contributed by atoms with Crippen molar-refractivity contribution in [1.29, 1.82) is 0 Å². The van der Waals surface area contributed by atoms with Gasteiger partial charge < -0.3 is 19.5 Å². The summed E-state index contributed by atoms with van der Waals surface area (Å²) in [5, 5.41) is 20.1. The molecule has 18 heteroatoms. The number of halogens is 3. The fourth-order valence-electron chi connectivity index (χ4n) is 4.24. The number of nitrogens with zero attached hydrogens (tertiary/aromatic N) is 5. The molecule has 14 nitrogen and oxygen atoms in total. The number of hydrogen-bond acceptors (Lipinski definition) is 10. The summed E-state index contributed by atoms with van der Waals surface area (Å²) in [4.78, 5) is 28.0. The number of carbonyl (C=O) groups is 2. The lowest BCUT2D eigenvalue weighted by molar-refractivity contribution is -0.713. The van der Waals surface area contributed by atoms with Crippen molar-refractivity contribution in [3.8, 4) is 16.9 Å². The molecule has 44 heavy (non-hydrogen) atoms. The molecule has 4 rings (SSSR count). The maximum Gasteiger partial charge on any atom is 0.510 e. The molecule has 3 aromatic rings. The van der Waals surface area contributed by atoms with E-state index in [0.717, 1.165) is 35.6 Å². The van der Waals surface area contributed by atoms with Gasteiger partial charge in [-0.3, -0.25) is 4.79 Å². The van der Waals surface area contributed by atoms with Crippen molar-refractivity contribution < 1.29 is 50.5 Å². The van der Waals surface area contributed by atoms with Crippen molar-refractivity contribution in [2.24, 2.45) is 11.2 Å². The third-order valence-electron chi connectivity index (χ3n) is 6.58. The van der Waals surface area contributed by atoms with Gasteiger partial charge in [-0.2, -0.15) is 18.3 Å². The first-order chi connectivity index (χ1) is 20.8. The van der Waals surface area contributed by atoms with Crippen LogP contribution in [-0.2, 0) is 35.3 Å². The molecular formula is C26H27F3N6O8S. The first-order valence-corrected chi connectivity index (χ1v) is 14.4. The molecule has 0 aliphatic carbocycles. The van der Waals surface area contributed by atoms with E-state index in [1.165, 1.54) is 17.1 Å². The van der Waals surface area contributed by atoms with Crippen molar-refractivity contribution in [3.05, 3.63) is 71.1 Å². The smallest absolute Gasteiger partial charge is 0.510 e. The lowest BCUT2D eigenvalue weighted by atomic mass is 9.97. The highest BCUT2D eigenvalue weighted by Crippen LogP contribution is 2.33. The SMILES string of the molecule is COC(=O)OCON=[N+]([O-])N1CCC(C(=O)NS(=O)(=O)c2ccc(-n3nc(C(F)(F)F)cc3-c3ccc(C)cc3)cc2)CC1. The molecule has 1 aliphatic rings. The van der Waals surface area contributed by atoms with Crippen molar-refractivity contribution in [2.45, 2.75) is 30.8 Å². The van der Waals surface area contributed by atoms with Gasteiger partial charge >= 0.3 is 12.3 Å². The third kappa shape index (κ3) is 7.74. The van der Waals surface area contributed by atoms with Gasteiger partial charge in [-0.1, -0.05) is 29.8 Å². The molecule has 1 fully saturated rings. The summed E-state index contributed by atoms with van der Waals surface area (Å²) in [5.74, 6) is -1.52. The van der Waals surface area contributed by atoms with Gasteiger partial charge in [0.25, 0.3) is 16.8 Å². The molecule has 0 bridgehead atoms. The largest absolute Gasteiger partial charge is 0.569 e. The number of carbonyl (C=O) groups excluding carboxylic acids is 2. The molecule has 1 amide bonds. The van der Waals surface area contributed by atoms with Crippen molar-refractivity contribution in [2.75, 3.05) is 27.0 Å². The van der Waals surface area contributed by atoms with Crippen LogP contribution in [0.2, 0.25) is 0 Å². The van der Waals surface area contributed by atoms with Gasteiger partial charge in [-0.25, -0.2) is 22.6 Å². The average Bonchev–Trinajstić information content (AvgIpc) is 3.46. The number of sulfonamides is 1. The Balaban J connectivity index is 1.41. The number of rotatable bonds is 9. The van der Waals surface area contributed by atoms with Gasteiger partial charge in [0.1, 0.15) is 0 Å². The van der Waals surface area contributed by atoms with E-state index in [9.17, 15) is 36.4 Å². The highest BCUT2D eigenvalue weighted by Gasteiger charge is 2.35. The van der Waals surface area contributed by atoms with Crippen LogP contribution in [0, 0.1) is 18.0 Å². The van der Waals surface area contributed by atoms with E-state index in [1.54, 1.807) is 24.3 Å². The molecule has 1 N–H and O–H groups in total. The minimum absolute atomic E-state index is 0.0498. The highest BCUT2D eigenvalue weighted by molar-refractivity contribution is 7.90. The minimum Gasteiger partial charge on any atom is -0.569 e. The molecular weight excluding hydrogens is 613 g/mol. The molecule has 236 valence electrons. The molecule has 0 spiro atoms. The topological polar surface area (TPSA) is 167 Å². The van der Waals surface area contributed by atoms with Crippen LogP contribution < -0.4 is 4.72 Å².